The Morgan fingerprint density at radius 2 is 1.42 bits per heavy atom. The predicted octanol–water partition coefficient (Wildman–Crippen LogP) is 4.10. The number of hydrogen-bond acceptors (Lipinski definition) is 6. The molecule has 0 aliphatic heterocycles. The molecular formula is C21H48N3O6P. The van der Waals surface area contributed by atoms with Crippen molar-refractivity contribution in [2.75, 3.05) is 13.2 Å². The molecule has 0 aromatic rings. The number of allylic oxidation sites excluding steroid dienone is 2. The number of phosphoric acid groups is 1. The van der Waals surface area contributed by atoms with Crippen molar-refractivity contribution in [1.82, 2.24) is 17.6 Å². The maximum Gasteiger partial charge on any atom is 0.220 e. The molecule has 0 heterocycles. The molecule has 9 nitrogen and oxygen atoms in total. The third kappa shape index (κ3) is 27.2. The molecule has 1 atom stereocenters. The van der Waals surface area contributed by atoms with Crippen LogP contribution in [0.15, 0.2) is 12.2 Å². The molecule has 0 aliphatic rings. The topological polar surface area (TPSA) is 195 Å². The zero-order valence-electron chi connectivity index (χ0n) is 20.0. The maximum absolute atomic E-state index is 11.8. The molecular weight excluding hydrogens is 421 g/mol. The van der Waals surface area contributed by atoms with E-state index in [9.17, 15) is 19.1 Å². The Labute approximate surface area is 188 Å². The molecule has 188 valence electrons. The molecule has 0 saturated carbocycles. The highest BCUT2D eigenvalue weighted by Gasteiger charge is 2.12. The van der Waals surface area contributed by atoms with Gasteiger partial charge < -0.3 is 41.6 Å². The number of hydrogen-bond donors (Lipinski definition) is 4. The first-order valence-corrected chi connectivity index (χ1v) is 12.6. The number of nitrogens with one attached hydrogen (secondary N) is 1. The Balaban J connectivity index is -0.00000392. The summed E-state index contributed by atoms with van der Waals surface area (Å²) in [6.07, 6.45) is 20.2. The van der Waals surface area contributed by atoms with Gasteiger partial charge in [0.1, 0.15) is 0 Å². The summed E-state index contributed by atoms with van der Waals surface area (Å²) in [5.74, 6) is -0.281. The zero-order valence-corrected chi connectivity index (χ0v) is 20.9. The number of quaternary nitrogens is 2. The second-order valence-corrected chi connectivity index (χ2v) is 8.68. The normalized spacial score (nSPS) is 12.3. The van der Waals surface area contributed by atoms with Crippen molar-refractivity contribution in [2.24, 2.45) is 0 Å². The number of carbonyl (C=O) groups excluding carboxylic acids is 1. The first-order valence-electron chi connectivity index (χ1n) is 11.1. The lowest BCUT2D eigenvalue weighted by Crippen LogP contribution is -2.41. The summed E-state index contributed by atoms with van der Waals surface area (Å²) in [4.78, 5) is 32.6. The average molecular weight is 470 g/mol. The number of aliphatic hydroxyl groups excluding tert-OH is 1. The van der Waals surface area contributed by atoms with Crippen LogP contribution in [0.1, 0.15) is 96.8 Å². The average Bonchev–Trinajstić information content (AvgIpc) is 2.67. The van der Waals surface area contributed by atoms with E-state index in [1.807, 2.05) is 0 Å². The molecule has 1 amide bonds. The molecule has 0 aromatic heterocycles. The van der Waals surface area contributed by atoms with Crippen LogP contribution in [-0.2, 0) is 13.9 Å². The molecule has 0 aromatic carbocycles. The van der Waals surface area contributed by atoms with Crippen molar-refractivity contribution in [3.8, 4) is 0 Å². The fraction of sp³-hybridized carbons (Fsp3) is 0.857. The van der Waals surface area contributed by atoms with Gasteiger partial charge in [0.05, 0.1) is 27.1 Å². The van der Waals surface area contributed by atoms with Crippen LogP contribution in [0.25, 0.3) is 0 Å². The van der Waals surface area contributed by atoms with Gasteiger partial charge >= 0.3 is 0 Å². The largest absolute Gasteiger partial charge is 0.790 e. The first kappa shape index (κ1) is 34.8. The van der Waals surface area contributed by atoms with Crippen LogP contribution in [0.4, 0.5) is 0 Å². The molecule has 0 rings (SSSR count). The lowest BCUT2D eigenvalue weighted by atomic mass is 10.1. The van der Waals surface area contributed by atoms with Crippen LogP contribution in [0.3, 0.4) is 0 Å². The van der Waals surface area contributed by atoms with E-state index >= 15 is 0 Å². The summed E-state index contributed by atoms with van der Waals surface area (Å²) < 4.78 is 14.5. The van der Waals surface area contributed by atoms with Crippen LogP contribution < -0.4 is 27.4 Å². The van der Waals surface area contributed by atoms with Gasteiger partial charge in [0, 0.05) is 6.42 Å². The van der Waals surface area contributed by atoms with E-state index in [2.05, 4.69) is 28.9 Å². The third-order valence-electron chi connectivity index (χ3n) is 4.68. The quantitative estimate of drug-likeness (QED) is 0.118. The van der Waals surface area contributed by atoms with Crippen LogP contribution in [-0.4, -0.2) is 30.3 Å². The molecule has 31 heavy (non-hydrogen) atoms. The van der Waals surface area contributed by atoms with Gasteiger partial charge in [0.15, 0.2) is 0 Å². The van der Waals surface area contributed by atoms with E-state index in [1.54, 1.807) is 0 Å². The minimum Gasteiger partial charge on any atom is -0.790 e. The van der Waals surface area contributed by atoms with E-state index in [0.29, 0.717) is 6.42 Å². The van der Waals surface area contributed by atoms with E-state index < -0.39 is 27.1 Å². The highest BCUT2D eigenvalue weighted by Crippen LogP contribution is 2.24. The van der Waals surface area contributed by atoms with Gasteiger partial charge in [0.2, 0.25) is 5.91 Å². The summed E-state index contributed by atoms with van der Waals surface area (Å²) in [5, 5.41) is 11.5. The molecule has 0 unspecified atom stereocenters. The van der Waals surface area contributed by atoms with Gasteiger partial charge in [-0.05, 0) is 32.1 Å². The molecule has 0 radical (unpaired) electrons. The molecule has 10 N–H and O–H groups in total. The fourth-order valence-corrected chi connectivity index (χ4v) is 3.34. The van der Waals surface area contributed by atoms with E-state index in [-0.39, 0.29) is 18.2 Å². The smallest absolute Gasteiger partial charge is 0.220 e. The number of amides is 1. The molecule has 10 heteroatoms. The molecule has 0 fully saturated rings. The van der Waals surface area contributed by atoms with Gasteiger partial charge in [-0.3, -0.25) is 4.79 Å². The Morgan fingerprint density at radius 1 is 0.935 bits per heavy atom. The minimum atomic E-state index is -5.10. The van der Waals surface area contributed by atoms with Crippen LogP contribution in [0.5, 0.6) is 0 Å². The number of rotatable bonds is 20. The summed E-state index contributed by atoms with van der Waals surface area (Å²) in [6, 6.07) is -0.887. The molecule has 0 bridgehead atoms. The third-order valence-corrected chi connectivity index (χ3v) is 5.15. The van der Waals surface area contributed by atoms with Gasteiger partial charge in [0.25, 0.3) is 0 Å². The Morgan fingerprint density at radius 3 is 1.90 bits per heavy atom. The number of phosphoric ester groups is 1. The van der Waals surface area contributed by atoms with Crippen molar-refractivity contribution in [3.63, 3.8) is 0 Å². The summed E-state index contributed by atoms with van der Waals surface area (Å²) in [7, 11) is -5.10. The number of unbranched alkanes of at least 4 members (excludes halogenated alkanes) is 11. The van der Waals surface area contributed by atoms with Crippen LogP contribution in [0, 0.1) is 0 Å². The fourth-order valence-electron chi connectivity index (χ4n) is 2.98. The van der Waals surface area contributed by atoms with Crippen LogP contribution >= 0.6 is 7.82 Å². The van der Waals surface area contributed by atoms with Gasteiger partial charge in [-0.1, -0.05) is 70.4 Å². The lowest BCUT2D eigenvalue weighted by molar-refractivity contribution is -0.342. The molecule has 0 saturated heterocycles. The Bertz CT molecular complexity index is 474. The highest BCUT2D eigenvalue weighted by molar-refractivity contribution is 7.43. The predicted molar refractivity (Wildman–Crippen MR) is 124 cm³/mol. The van der Waals surface area contributed by atoms with Crippen molar-refractivity contribution in [2.45, 2.75) is 103 Å². The molecule has 0 spiro atoms. The van der Waals surface area contributed by atoms with Crippen LogP contribution in [0.2, 0.25) is 0 Å². The van der Waals surface area contributed by atoms with Crippen molar-refractivity contribution in [3.05, 3.63) is 12.2 Å². The summed E-state index contributed by atoms with van der Waals surface area (Å²) >= 11 is 0. The number of aliphatic hydroxyl groups is 1. The Kier molecular flexibility index (Phi) is 26.8. The van der Waals surface area contributed by atoms with E-state index in [1.165, 1.54) is 44.9 Å². The monoisotopic (exact) mass is 469 g/mol. The second-order valence-electron chi connectivity index (χ2n) is 7.52. The van der Waals surface area contributed by atoms with E-state index in [4.69, 9.17) is 5.11 Å². The SMILES string of the molecule is CCCCCCCC/C=C/CCCCCCCC(=O)N[C@H](CO)COP(=O)([O-])[O-].[NH4+].[NH4+]. The summed E-state index contributed by atoms with van der Waals surface area (Å²) in [6.45, 7) is 1.21. The number of carbonyl (C=O) groups is 1. The second kappa shape index (κ2) is 23.9. The standard InChI is InChI=1S/C21H42NO6P.2H3N/c1-2-3-4-5-6-7-8-9-10-11-12-13-14-15-16-17-21(24)22-20(18-23)19-28-29(25,26)27;;/h9-10,20,23H,2-8,11-19H2,1H3,(H,22,24)(H2,25,26,27);2*1H3/b10-9+;;/t20-;;/m1../s1. The maximum atomic E-state index is 11.8. The Hall–Kier alpha value is -0.800. The van der Waals surface area contributed by atoms with Crippen molar-refractivity contribution in [1.29, 1.82) is 0 Å². The van der Waals surface area contributed by atoms with Gasteiger partial charge in [-0.25, -0.2) is 0 Å². The van der Waals surface area contributed by atoms with Gasteiger partial charge in [-0.2, -0.15) is 0 Å². The molecule has 0 aliphatic carbocycles. The highest BCUT2D eigenvalue weighted by atomic mass is 31.2. The summed E-state index contributed by atoms with van der Waals surface area (Å²) in [5.41, 5.74) is 0. The minimum absolute atomic E-state index is 0. The van der Waals surface area contributed by atoms with Crippen molar-refractivity contribution < 1.29 is 28.8 Å². The van der Waals surface area contributed by atoms with E-state index in [0.717, 1.165) is 38.5 Å². The zero-order chi connectivity index (χ0) is 21.8. The lowest BCUT2D eigenvalue weighted by Gasteiger charge is -2.30. The first-order chi connectivity index (χ1) is 13.9. The van der Waals surface area contributed by atoms with Crippen molar-refractivity contribution >= 4 is 13.7 Å². The van der Waals surface area contributed by atoms with Gasteiger partial charge in [-0.15, -0.1) is 0 Å².